The second-order valence-electron chi connectivity index (χ2n) is 6.75. The van der Waals surface area contributed by atoms with Crippen LogP contribution in [-0.4, -0.2) is 49.7 Å². The number of fused-ring (bicyclic) bond motifs is 1. The maximum atomic E-state index is 13.0. The van der Waals surface area contributed by atoms with Crippen molar-refractivity contribution in [2.45, 2.75) is 31.6 Å². The summed E-state index contributed by atoms with van der Waals surface area (Å²) in [5.74, 6) is 0.191. The van der Waals surface area contributed by atoms with Crippen molar-refractivity contribution in [2.75, 3.05) is 26.2 Å². The third-order valence-electron chi connectivity index (χ3n) is 5.24. The Balaban J connectivity index is 1.74. The van der Waals surface area contributed by atoms with Crippen molar-refractivity contribution in [3.05, 3.63) is 42.5 Å². The number of amides is 1. The van der Waals surface area contributed by atoms with Crippen LogP contribution in [0, 0.1) is 5.92 Å². The van der Waals surface area contributed by atoms with E-state index in [2.05, 4.69) is 0 Å². The molecule has 0 N–H and O–H groups in total. The summed E-state index contributed by atoms with van der Waals surface area (Å²) in [6, 6.07) is 13.0. The summed E-state index contributed by atoms with van der Waals surface area (Å²) in [5.41, 5.74) is 0. The number of nitrogens with zero attached hydrogens (tertiary/aromatic N) is 2. The summed E-state index contributed by atoms with van der Waals surface area (Å²) in [4.78, 5) is 14.6. The van der Waals surface area contributed by atoms with Gasteiger partial charge >= 0.3 is 0 Å². The Labute approximate surface area is 155 Å². The van der Waals surface area contributed by atoms with E-state index in [1.54, 1.807) is 12.1 Å². The van der Waals surface area contributed by atoms with Crippen LogP contribution in [0.2, 0.25) is 0 Å². The number of carbonyl (C=O) groups excluding carboxylic acids is 1. The minimum atomic E-state index is -3.54. The first-order chi connectivity index (χ1) is 12.5. The van der Waals surface area contributed by atoms with Gasteiger partial charge in [0.25, 0.3) is 0 Å². The van der Waals surface area contributed by atoms with Crippen LogP contribution in [0.3, 0.4) is 0 Å². The highest BCUT2D eigenvalue weighted by atomic mass is 32.2. The molecule has 0 aliphatic carbocycles. The highest BCUT2D eigenvalue weighted by Crippen LogP contribution is 2.23. The van der Waals surface area contributed by atoms with Crippen molar-refractivity contribution in [2.24, 2.45) is 5.92 Å². The molecule has 1 amide bonds. The summed E-state index contributed by atoms with van der Waals surface area (Å²) >= 11 is 0. The van der Waals surface area contributed by atoms with Crippen molar-refractivity contribution in [1.29, 1.82) is 0 Å². The summed E-state index contributed by atoms with van der Waals surface area (Å²) in [6.07, 6.45) is 1.65. The van der Waals surface area contributed by atoms with Crippen molar-refractivity contribution >= 4 is 26.7 Å². The second-order valence-corrected chi connectivity index (χ2v) is 8.69. The lowest BCUT2D eigenvalue weighted by Gasteiger charge is -2.35. The molecule has 0 spiro atoms. The second kappa shape index (κ2) is 7.76. The van der Waals surface area contributed by atoms with Gasteiger partial charge in [0.15, 0.2) is 0 Å². The maximum absolute atomic E-state index is 13.0. The van der Waals surface area contributed by atoms with E-state index in [0.717, 1.165) is 23.6 Å². The molecule has 0 unspecified atom stereocenters. The van der Waals surface area contributed by atoms with Crippen LogP contribution in [0.25, 0.3) is 10.8 Å². The van der Waals surface area contributed by atoms with E-state index in [0.29, 0.717) is 31.1 Å². The van der Waals surface area contributed by atoms with Gasteiger partial charge in [0.2, 0.25) is 15.9 Å². The number of carbonyl (C=O) groups is 1. The summed E-state index contributed by atoms with van der Waals surface area (Å²) < 4.78 is 27.4. The number of benzene rings is 2. The number of hydrogen-bond donors (Lipinski definition) is 0. The average molecular weight is 375 g/mol. The van der Waals surface area contributed by atoms with Crippen molar-refractivity contribution in [3.63, 3.8) is 0 Å². The molecule has 2 aromatic carbocycles. The SMILES string of the molecule is CCC(CC)C(=O)N1CCN(S(=O)(=O)c2ccc3ccccc3c2)CC1. The first kappa shape index (κ1) is 18.9. The van der Waals surface area contributed by atoms with Crippen LogP contribution in [0.15, 0.2) is 47.4 Å². The molecule has 140 valence electrons. The number of piperazine rings is 1. The predicted molar refractivity (Wildman–Crippen MR) is 103 cm³/mol. The molecule has 5 nitrogen and oxygen atoms in total. The van der Waals surface area contributed by atoms with Crippen molar-refractivity contribution in [1.82, 2.24) is 9.21 Å². The van der Waals surface area contributed by atoms with Gasteiger partial charge < -0.3 is 4.90 Å². The van der Waals surface area contributed by atoms with E-state index in [4.69, 9.17) is 0 Å². The average Bonchev–Trinajstić information content (AvgIpc) is 2.68. The fourth-order valence-electron chi connectivity index (χ4n) is 3.52. The van der Waals surface area contributed by atoms with E-state index in [1.165, 1.54) is 4.31 Å². The highest BCUT2D eigenvalue weighted by Gasteiger charge is 2.31. The van der Waals surface area contributed by atoms with Gasteiger partial charge in [-0.2, -0.15) is 4.31 Å². The highest BCUT2D eigenvalue weighted by molar-refractivity contribution is 7.89. The van der Waals surface area contributed by atoms with Crippen LogP contribution in [0.4, 0.5) is 0 Å². The maximum Gasteiger partial charge on any atom is 0.243 e. The molecule has 1 fully saturated rings. The molecule has 0 saturated carbocycles. The first-order valence-electron chi connectivity index (χ1n) is 9.25. The van der Waals surface area contributed by atoms with Gasteiger partial charge in [0.05, 0.1) is 4.90 Å². The van der Waals surface area contributed by atoms with Gasteiger partial charge in [0, 0.05) is 32.1 Å². The van der Waals surface area contributed by atoms with Gasteiger partial charge in [-0.1, -0.05) is 44.2 Å². The fourth-order valence-corrected chi connectivity index (χ4v) is 4.98. The van der Waals surface area contributed by atoms with Gasteiger partial charge in [0.1, 0.15) is 0 Å². The molecule has 26 heavy (non-hydrogen) atoms. The Kier molecular flexibility index (Phi) is 5.63. The minimum absolute atomic E-state index is 0.0404. The Bertz CT molecular complexity index is 883. The lowest BCUT2D eigenvalue weighted by atomic mass is 10.0. The summed E-state index contributed by atoms with van der Waals surface area (Å²) in [7, 11) is -3.54. The van der Waals surface area contributed by atoms with E-state index >= 15 is 0 Å². The molecule has 6 heteroatoms. The van der Waals surface area contributed by atoms with Gasteiger partial charge in [-0.05, 0) is 35.7 Å². The Morgan fingerprint density at radius 2 is 1.58 bits per heavy atom. The molecule has 0 aromatic heterocycles. The smallest absolute Gasteiger partial charge is 0.243 e. The van der Waals surface area contributed by atoms with Crippen LogP contribution in [0.5, 0.6) is 0 Å². The van der Waals surface area contributed by atoms with E-state index in [9.17, 15) is 13.2 Å². The molecular formula is C20H26N2O3S. The predicted octanol–water partition coefficient (Wildman–Crippen LogP) is 3.11. The van der Waals surface area contributed by atoms with Gasteiger partial charge in [-0.3, -0.25) is 4.79 Å². The lowest BCUT2D eigenvalue weighted by Crippen LogP contribution is -2.51. The zero-order valence-corrected chi connectivity index (χ0v) is 16.2. The summed E-state index contributed by atoms with van der Waals surface area (Å²) in [5, 5.41) is 1.93. The minimum Gasteiger partial charge on any atom is -0.340 e. The Morgan fingerprint density at radius 1 is 0.962 bits per heavy atom. The molecule has 1 aliphatic heterocycles. The number of rotatable bonds is 5. The third-order valence-corrected chi connectivity index (χ3v) is 7.14. The first-order valence-corrected chi connectivity index (χ1v) is 10.7. The molecule has 1 heterocycles. The molecule has 1 saturated heterocycles. The van der Waals surface area contributed by atoms with E-state index in [1.807, 2.05) is 49.1 Å². The zero-order valence-electron chi connectivity index (χ0n) is 15.4. The molecule has 3 rings (SSSR count). The molecule has 2 aromatic rings. The normalized spacial score (nSPS) is 16.3. The van der Waals surface area contributed by atoms with Crippen molar-refractivity contribution in [3.8, 4) is 0 Å². The lowest BCUT2D eigenvalue weighted by molar-refractivity contribution is -0.136. The quantitative estimate of drug-likeness (QED) is 0.808. The monoisotopic (exact) mass is 374 g/mol. The molecule has 0 radical (unpaired) electrons. The van der Waals surface area contributed by atoms with E-state index < -0.39 is 10.0 Å². The van der Waals surface area contributed by atoms with Crippen LogP contribution in [0.1, 0.15) is 26.7 Å². The van der Waals surface area contributed by atoms with Crippen LogP contribution < -0.4 is 0 Å². The van der Waals surface area contributed by atoms with Crippen LogP contribution >= 0.6 is 0 Å². The number of sulfonamides is 1. The summed E-state index contributed by atoms with van der Waals surface area (Å²) in [6.45, 7) is 5.66. The molecule has 0 bridgehead atoms. The molecule has 1 aliphatic rings. The Morgan fingerprint density at radius 3 is 2.19 bits per heavy atom. The van der Waals surface area contributed by atoms with Crippen molar-refractivity contribution < 1.29 is 13.2 Å². The van der Waals surface area contributed by atoms with Crippen LogP contribution in [-0.2, 0) is 14.8 Å². The fraction of sp³-hybridized carbons (Fsp3) is 0.450. The van der Waals surface area contributed by atoms with Gasteiger partial charge in [-0.15, -0.1) is 0 Å². The number of hydrogen-bond acceptors (Lipinski definition) is 3. The zero-order chi connectivity index (χ0) is 18.7. The standard InChI is InChI=1S/C20H26N2O3S/c1-3-16(4-2)20(23)21-11-13-22(14-12-21)26(24,25)19-10-9-17-7-5-6-8-18(17)15-19/h5-10,15-16H,3-4,11-14H2,1-2H3. The molecular weight excluding hydrogens is 348 g/mol. The third kappa shape index (κ3) is 3.62. The Hall–Kier alpha value is -1.92. The molecule has 0 atom stereocenters. The van der Waals surface area contributed by atoms with Gasteiger partial charge in [-0.25, -0.2) is 8.42 Å². The largest absolute Gasteiger partial charge is 0.340 e. The topological polar surface area (TPSA) is 57.7 Å². The van der Waals surface area contributed by atoms with E-state index in [-0.39, 0.29) is 11.8 Å².